The minimum absolute atomic E-state index is 0.758. The number of benzene rings is 2. The Morgan fingerprint density at radius 1 is 1.03 bits per heavy atom. The lowest BCUT2D eigenvalue weighted by Gasteiger charge is -2.28. The van der Waals surface area contributed by atoms with Gasteiger partial charge in [-0.3, -0.25) is 4.40 Å². The van der Waals surface area contributed by atoms with Crippen molar-refractivity contribution in [3.05, 3.63) is 77.8 Å². The van der Waals surface area contributed by atoms with Gasteiger partial charge in [0.2, 0.25) is 0 Å². The van der Waals surface area contributed by atoms with E-state index in [0.29, 0.717) is 0 Å². The highest BCUT2D eigenvalue weighted by atomic mass is 16.5. The molecule has 2 aliphatic rings. The lowest BCUT2D eigenvalue weighted by Crippen LogP contribution is -2.36. The van der Waals surface area contributed by atoms with Crippen LogP contribution in [-0.2, 0) is 11.2 Å². The van der Waals surface area contributed by atoms with Gasteiger partial charge in [-0.25, -0.2) is 9.97 Å². The van der Waals surface area contributed by atoms with Crippen molar-refractivity contribution < 1.29 is 4.74 Å². The van der Waals surface area contributed by atoms with E-state index in [4.69, 9.17) is 9.72 Å². The van der Waals surface area contributed by atoms with E-state index in [-0.39, 0.29) is 0 Å². The molecule has 160 valence electrons. The molecule has 1 N–H and O–H groups in total. The van der Waals surface area contributed by atoms with Crippen LogP contribution in [-0.4, -0.2) is 40.7 Å². The predicted molar refractivity (Wildman–Crippen MR) is 129 cm³/mol. The van der Waals surface area contributed by atoms with Gasteiger partial charge in [0.05, 0.1) is 18.9 Å². The molecule has 6 rings (SSSR count). The molecule has 4 aromatic rings. The molecule has 0 amide bonds. The summed E-state index contributed by atoms with van der Waals surface area (Å²) in [4.78, 5) is 12.0. The molecule has 2 aromatic carbocycles. The standard InChI is InChI=1S/C26H25N5O/c1-18-24(21-6-5-19-3-2-4-20(19)17-21)29-25(26-27-11-12-31(18)26)28-22-7-9-23(10-8-22)30-13-15-32-16-14-30/h2-3,5-12,17H,4,13-16H2,1H3,(H,28,29). The van der Waals surface area contributed by atoms with Crippen molar-refractivity contribution in [3.8, 4) is 11.3 Å². The summed E-state index contributed by atoms with van der Waals surface area (Å²) in [6.45, 7) is 5.53. The Balaban J connectivity index is 1.35. The number of nitrogens with zero attached hydrogens (tertiary/aromatic N) is 4. The highest BCUT2D eigenvalue weighted by Gasteiger charge is 2.16. The van der Waals surface area contributed by atoms with Gasteiger partial charge >= 0.3 is 0 Å². The molecule has 1 saturated heterocycles. The number of aryl methyl sites for hydroxylation is 1. The smallest absolute Gasteiger partial charge is 0.180 e. The number of allylic oxidation sites excluding steroid dienone is 1. The lowest BCUT2D eigenvalue weighted by atomic mass is 10.0. The Morgan fingerprint density at radius 2 is 1.88 bits per heavy atom. The number of hydrogen-bond acceptors (Lipinski definition) is 5. The first kappa shape index (κ1) is 19.1. The number of nitrogens with one attached hydrogen (secondary N) is 1. The van der Waals surface area contributed by atoms with Gasteiger partial charge in [0.25, 0.3) is 0 Å². The van der Waals surface area contributed by atoms with Crippen LogP contribution in [0.3, 0.4) is 0 Å². The molecule has 0 saturated carbocycles. The molecule has 0 radical (unpaired) electrons. The first-order valence-corrected chi connectivity index (χ1v) is 11.1. The fraction of sp³-hybridized carbons (Fsp3) is 0.231. The van der Waals surface area contributed by atoms with Crippen LogP contribution in [0.5, 0.6) is 0 Å². The zero-order chi connectivity index (χ0) is 21.5. The molecular weight excluding hydrogens is 398 g/mol. The van der Waals surface area contributed by atoms with Crippen molar-refractivity contribution in [2.45, 2.75) is 13.3 Å². The Hall–Kier alpha value is -3.64. The molecule has 0 bridgehead atoms. The molecule has 0 unspecified atom stereocenters. The Bertz CT molecular complexity index is 1320. The minimum atomic E-state index is 0.758. The quantitative estimate of drug-likeness (QED) is 0.508. The van der Waals surface area contributed by atoms with Gasteiger partial charge in [0, 0.05) is 48.1 Å². The van der Waals surface area contributed by atoms with Crippen molar-refractivity contribution in [2.24, 2.45) is 0 Å². The van der Waals surface area contributed by atoms with Gasteiger partial charge in [-0.1, -0.05) is 24.3 Å². The van der Waals surface area contributed by atoms with E-state index in [9.17, 15) is 0 Å². The molecule has 1 aliphatic carbocycles. The second kappa shape index (κ2) is 7.80. The van der Waals surface area contributed by atoms with Gasteiger partial charge < -0.3 is 15.0 Å². The monoisotopic (exact) mass is 423 g/mol. The number of rotatable bonds is 4. The van der Waals surface area contributed by atoms with Crippen molar-refractivity contribution in [1.82, 2.24) is 14.4 Å². The van der Waals surface area contributed by atoms with Crippen LogP contribution in [0.1, 0.15) is 16.8 Å². The highest BCUT2D eigenvalue weighted by molar-refractivity contribution is 5.77. The predicted octanol–water partition coefficient (Wildman–Crippen LogP) is 4.85. The number of anilines is 3. The van der Waals surface area contributed by atoms with Crippen LogP contribution >= 0.6 is 0 Å². The molecule has 2 aromatic heterocycles. The molecule has 1 aliphatic heterocycles. The molecule has 3 heterocycles. The summed E-state index contributed by atoms with van der Waals surface area (Å²) in [7, 11) is 0. The van der Waals surface area contributed by atoms with E-state index in [0.717, 1.165) is 66.8 Å². The highest BCUT2D eigenvalue weighted by Crippen LogP contribution is 2.31. The van der Waals surface area contributed by atoms with Crippen molar-refractivity contribution in [3.63, 3.8) is 0 Å². The first-order chi connectivity index (χ1) is 15.8. The molecule has 1 fully saturated rings. The average molecular weight is 424 g/mol. The van der Waals surface area contributed by atoms with E-state index >= 15 is 0 Å². The maximum atomic E-state index is 5.46. The van der Waals surface area contributed by atoms with Crippen molar-refractivity contribution >= 4 is 28.9 Å². The largest absolute Gasteiger partial charge is 0.378 e. The summed E-state index contributed by atoms with van der Waals surface area (Å²) in [6, 6.07) is 15.1. The van der Waals surface area contributed by atoms with Crippen LogP contribution in [0.4, 0.5) is 17.2 Å². The third-order valence-electron chi connectivity index (χ3n) is 6.34. The summed E-state index contributed by atoms with van der Waals surface area (Å²) in [5, 5.41) is 3.50. The molecular formula is C26H25N5O. The van der Waals surface area contributed by atoms with Crippen LogP contribution in [0.15, 0.2) is 60.9 Å². The zero-order valence-electron chi connectivity index (χ0n) is 18.1. The van der Waals surface area contributed by atoms with E-state index in [1.54, 1.807) is 0 Å². The molecule has 0 atom stereocenters. The zero-order valence-corrected chi connectivity index (χ0v) is 18.1. The number of morpholine rings is 1. The number of fused-ring (bicyclic) bond motifs is 2. The fourth-order valence-corrected chi connectivity index (χ4v) is 4.58. The van der Waals surface area contributed by atoms with Gasteiger partial charge in [-0.15, -0.1) is 0 Å². The Kier molecular flexibility index (Phi) is 4.65. The summed E-state index contributed by atoms with van der Waals surface area (Å²) < 4.78 is 7.57. The van der Waals surface area contributed by atoms with Crippen LogP contribution in [0, 0.1) is 6.92 Å². The summed E-state index contributed by atoms with van der Waals surface area (Å²) in [5.41, 5.74) is 8.87. The maximum absolute atomic E-state index is 5.46. The Labute approximate surface area is 187 Å². The fourth-order valence-electron chi connectivity index (χ4n) is 4.58. The van der Waals surface area contributed by atoms with Crippen molar-refractivity contribution in [1.29, 1.82) is 0 Å². The first-order valence-electron chi connectivity index (χ1n) is 11.1. The molecule has 6 nitrogen and oxygen atoms in total. The number of imidazole rings is 1. The number of aromatic nitrogens is 3. The van der Waals surface area contributed by atoms with Gasteiger partial charge in [0.15, 0.2) is 11.5 Å². The minimum Gasteiger partial charge on any atom is -0.378 e. The van der Waals surface area contributed by atoms with E-state index in [2.05, 4.69) is 81.1 Å². The number of ether oxygens (including phenoxy) is 1. The van der Waals surface area contributed by atoms with Crippen LogP contribution in [0.2, 0.25) is 0 Å². The number of hydrogen-bond donors (Lipinski definition) is 1. The Morgan fingerprint density at radius 3 is 2.72 bits per heavy atom. The second-order valence-corrected chi connectivity index (χ2v) is 8.31. The van der Waals surface area contributed by atoms with E-state index < -0.39 is 0 Å². The van der Waals surface area contributed by atoms with E-state index in [1.165, 1.54) is 16.8 Å². The van der Waals surface area contributed by atoms with Crippen LogP contribution in [0.25, 0.3) is 23.0 Å². The third kappa shape index (κ3) is 3.33. The van der Waals surface area contributed by atoms with Gasteiger partial charge in [0.1, 0.15) is 0 Å². The van der Waals surface area contributed by atoms with E-state index in [1.807, 2.05) is 12.4 Å². The molecule has 0 spiro atoms. The molecule has 6 heteroatoms. The lowest BCUT2D eigenvalue weighted by molar-refractivity contribution is 0.122. The topological polar surface area (TPSA) is 54.7 Å². The summed E-state index contributed by atoms with van der Waals surface area (Å²) in [5.74, 6) is 0.758. The van der Waals surface area contributed by atoms with Crippen LogP contribution < -0.4 is 10.2 Å². The third-order valence-corrected chi connectivity index (χ3v) is 6.34. The summed E-state index contributed by atoms with van der Waals surface area (Å²) >= 11 is 0. The maximum Gasteiger partial charge on any atom is 0.180 e. The molecule has 32 heavy (non-hydrogen) atoms. The average Bonchev–Trinajstić information content (AvgIpc) is 3.52. The SMILES string of the molecule is Cc1c(-c2ccc3c(c2)CC=C3)nc(Nc2ccc(N3CCOCC3)cc2)c2nccn12. The van der Waals surface area contributed by atoms with Crippen molar-refractivity contribution in [2.75, 3.05) is 36.5 Å². The van der Waals surface area contributed by atoms with Gasteiger partial charge in [-0.05, 0) is 54.8 Å². The second-order valence-electron chi connectivity index (χ2n) is 8.31. The normalized spacial score (nSPS) is 15.3. The summed E-state index contributed by atoms with van der Waals surface area (Å²) in [6.07, 6.45) is 9.20. The van der Waals surface area contributed by atoms with Gasteiger partial charge in [-0.2, -0.15) is 0 Å².